The molecule has 0 spiro atoms. The third-order valence-electron chi connectivity index (χ3n) is 5.86. The van der Waals surface area contributed by atoms with E-state index in [-0.39, 0.29) is 5.41 Å². The molecule has 2 aliphatic rings. The lowest BCUT2D eigenvalue weighted by Crippen LogP contribution is -2.28. The van der Waals surface area contributed by atoms with Crippen LogP contribution in [0.4, 0.5) is 13.2 Å². The average molecular weight is 396 g/mol. The van der Waals surface area contributed by atoms with Crippen molar-refractivity contribution in [3.05, 3.63) is 46.8 Å². The van der Waals surface area contributed by atoms with Crippen molar-refractivity contribution in [2.45, 2.75) is 43.5 Å². The van der Waals surface area contributed by atoms with Crippen LogP contribution in [0.1, 0.15) is 35.4 Å². The lowest BCUT2D eigenvalue weighted by Gasteiger charge is -2.21. The minimum absolute atomic E-state index is 0.0774. The van der Waals surface area contributed by atoms with Gasteiger partial charge in [-0.05, 0) is 56.8 Å². The van der Waals surface area contributed by atoms with Crippen LogP contribution in [0, 0.1) is 19.8 Å². The van der Waals surface area contributed by atoms with Crippen LogP contribution in [0.25, 0.3) is 0 Å². The molecule has 2 fully saturated rings. The van der Waals surface area contributed by atoms with Gasteiger partial charge < -0.3 is 9.32 Å². The fourth-order valence-corrected chi connectivity index (χ4v) is 4.98. The normalized spacial score (nSPS) is 25.0. The fraction of sp³-hybridized carbons (Fsp3) is 0.550. The van der Waals surface area contributed by atoms with E-state index in [9.17, 15) is 13.2 Å². The second-order valence-electron chi connectivity index (χ2n) is 7.69. The number of benzene rings is 1. The van der Waals surface area contributed by atoms with E-state index in [1.165, 1.54) is 12.1 Å². The molecule has 1 aliphatic heterocycles. The maximum Gasteiger partial charge on any atom is 0.416 e. The van der Waals surface area contributed by atoms with Gasteiger partial charge >= 0.3 is 6.18 Å². The predicted octanol–water partition coefficient (Wildman–Crippen LogP) is 5.07. The number of hydrogen-bond donors (Lipinski definition) is 0. The summed E-state index contributed by atoms with van der Waals surface area (Å²) in [5.41, 5.74) is 1.51. The van der Waals surface area contributed by atoms with E-state index >= 15 is 0 Å². The standard InChI is InChI=1S/C20H23F3N2OS/c1-13-14(2)26-18(24-13)27-9-3-8-25-11-17-10-19(17,12-25)15-4-6-16(7-5-15)20(21,22)23/h4-7,17H,3,8-12H2,1-2H3/t17?,19-/m1/s1. The zero-order valence-corrected chi connectivity index (χ0v) is 16.3. The van der Waals surface area contributed by atoms with Crippen molar-refractivity contribution in [3.8, 4) is 0 Å². The number of fused-ring (bicyclic) bond motifs is 1. The van der Waals surface area contributed by atoms with Crippen molar-refractivity contribution in [2.24, 2.45) is 5.92 Å². The van der Waals surface area contributed by atoms with Crippen molar-refractivity contribution in [1.29, 1.82) is 0 Å². The van der Waals surface area contributed by atoms with Crippen LogP contribution < -0.4 is 0 Å². The molecular formula is C20H23F3N2OS. The third kappa shape index (κ3) is 3.76. The molecule has 1 unspecified atom stereocenters. The number of nitrogens with zero attached hydrogens (tertiary/aromatic N) is 2. The Labute approximate surface area is 161 Å². The summed E-state index contributed by atoms with van der Waals surface area (Å²) in [6.07, 6.45) is -2.13. The van der Waals surface area contributed by atoms with E-state index in [0.717, 1.165) is 60.5 Å². The first kappa shape index (κ1) is 18.9. The summed E-state index contributed by atoms with van der Waals surface area (Å²) in [6, 6.07) is 5.79. The molecule has 1 saturated carbocycles. The van der Waals surface area contributed by atoms with Gasteiger partial charge in [-0.25, -0.2) is 4.98 Å². The molecule has 1 aromatic heterocycles. The summed E-state index contributed by atoms with van der Waals surface area (Å²) >= 11 is 1.64. The van der Waals surface area contributed by atoms with Gasteiger partial charge in [0, 0.05) is 24.3 Å². The Bertz CT molecular complexity index is 798. The number of thioether (sulfide) groups is 1. The summed E-state index contributed by atoms with van der Waals surface area (Å²) in [6.45, 7) is 6.86. The zero-order valence-electron chi connectivity index (χ0n) is 15.5. The molecular weight excluding hydrogens is 373 g/mol. The molecule has 2 aromatic rings. The maximum atomic E-state index is 12.8. The van der Waals surface area contributed by atoms with Crippen molar-refractivity contribution >= 4 is 11.8 Å². The van der Waals surface area contributed by atoms with Crippen molar-refractivity contribution in [2.75, 3.05) is 25.4 Å². The molecule has 0 amide bonds. The Morgan fingerprint density at radius 2 is 2.00 bits per heavy atom. The SMILES string of the molecule is Cc1nc(SCCCN2CC3C[C@]3(c3ccc(C(F)(F)F)cc3)C2)oc1C. The van der Waals surface area contributed by atoms with Crippen LogP contribution in [-0.4, -0.2) is 35.3 Å². The number of aryl methyl sites for hydroxylation is 2. The number of halogens is 3. The van der Waals surface area contributed by atoms with Gasteiger partial charge in [-0.3, -0.25) is 0 Å². The maximum absolute atomic E-state index is 12.8. The Morgan fingerprint density at radius 1 is 1.26 bits per heavy atom. The Kier molecular flexibility index (Phi) is 4.79. The second-order valence-corrected chi connectivity index (χ2v) is 8.74. The molecule has 1 aliphatic carbocycles. The summed E-state index contributed by atoms with van der Waals surface area (Å²) in [5, 5.41) is 0.732. The molecule has 1 saturated heterocycles. The summed E-state index contributed by atoms with van der Waals surface area (Å²) < 4.78 is 43.9. The molecule has 1 aromatic carbocycles. The molecule has 0 bridgehead atoms. The van der Waals surface area contributed by atoms with Gasteiger partial charge in [-0.1, -0.05) is 23.9 Å². The van der Waals surface area contributed by atoms with E-state index in [1.54, 1.807) is 23.9 Å². The number of aromatic nitrogens is 1. The van der Waals surface area contributed by atoms with Gasteiger partial charge in [0.25, 0.3) is 5.22 Å². The highest BCUT2D eigenvalue weighted by atomic mass is 32.2. The van der Waals surface area contributed by atoms with Gasteiger partial charge in [0.05, 0.1) is 11.3 Å². The smallest absolute Gasteiger partial charge is 0.416 e. The van der Waals surface area contributed by atoms with Crippen LogP contribution in [0.5, 0.6) is 0 Å². The summed E-state index contributed by atoms with van der Waals surface area (Å²) in [7, 11) is 0. The zero-order chi connectivity index (χ0) is 19.2. The number of piperidine rings is 1. The van der Waals surface area contributed by atoms with E-state index in [1.807, 2.05) is 13.8 Å². The Hall–Kier alpha value is -1.47. The average Bonchev–Trinajstić information content (AvgIpc) is 3.03. The van der Waals surface area contributed by atoms with E-state index in [0.29, 0.717) is 5.92 Å². The molecule has 27 heavy (non-hydrogen) atoms. The van der Waals surface area contributed by atoms with E-state index in [2.05, 4.69) is 9.88 Å². The van der Waals surface area contributed by atoms with Crippen LogP contribution in [0.3, 0.4) is 0 Å². The topological polar surface area (TPSA) is 29.3 Å². The van der Waals surface area contributed by atoms with Crippen molar-refractivity contribution in [1.82, 2.24) is 9.88 Å². The number of oxazole rings is 1. The quantitative estimate of drug-likeness (QED) is 0.504. The minimum Gasteiger partial charge on any atom is -0.437 e. The van der Waals surface area contributed by atoms with Gasteiger partial charge in [0.1, 0.15) is 5.76 Å². The molecule has 2 atom stereocenters. The lowest BCUT2D eigenvalue weighted by atomic mass is 9.94. The molecule has 7 heteroatoms. The molecule has 2 heterocycles. The van der Waals surface area contributed by atoms with Crippen LogP contribution in [0.15, 0.2) is 33.9 Å². The molecule has 0 N–H and O–H groups in total. The van der Waals surface area contributed by atoms with Gasteiger partial charge in [0.15, 0.2) is 0 Å². The van der Waals surface area contributed by atoms with Gasteiger partial charge in [-0.2, -0.15) is 13.2 Å². The van der Waals surface area contributed by atoms with Gasteiger partial charge in [0.2, 0.25) is 0 Å². The fourth-order valence-electron chi connectivity index (χ4n) is 4.15. The summed E-state index contributed by atoms with van der Waals surface area (Å²) in [5.74, 6) is 2.41. The summed E-state index contributed by atoms with van der Waals surface area (Å²) in [4.78, 5) is 6.82. The highest BCUT2D eigenvalue weighted by Crippen LogP contribution is 2.59. The van der Waals surface area contributed by atoms with Crippen LogP contribution in [-0.2, 0) is 11.6 Å². The van der Waals surface area contributed by atoms with Crippen LogP contribution in [0.2, 0.25) is 0 Å². The molecule has 146 valence electrons. The van der Waals surface area contributed by atoms with Crippen molar-refractivity contribution in [3.63, 3.8) is 0 Å². The number of likely N-dealkylation sites (tertiary alicyclic amines) is 1. The second kappa shape index (κ2) is 6.85. The Morgan fingerprint density at radius 3 is 2.63 bits per heavy atom. The van der Waals surface area contributed by atoms with Crippen molar-refractivity contribution < 1.29 is 17.6 Å². The molecule has 4 rings (SSSR count). The van der Waals surface area contributed by atoms with Gasteiger partial charge in [-0.15, -0.1) is 0 Å². The van der Waals surface area contributed by atoms with Crippen LogP contribution >= 0.6 is 11.8 Å². The third-order valence-corrected chi connectivity index (χ3v) is 6.77. The first-order valence-electron chi connectivity index (χ1n) is 9.25. The monoisotopic (exact) mass is 396 g/mol. The number of hydrogen-bond acceptors (Lipinski definition) is 4. The first-order chi connectivity index (χ1) is 12.8. The highest BCUT2D eigenvalue weighted by molar-refractivity contribution is 7.99. The lowest BCUT2D eigenvalue weighted by molar-refractivity contribution is -0.137. The van der Waals surface area contributed by atoms with E-state index < -0.39 is 11.7 Å². The number of alkyl halides is 3. The largest absolute Gasteiger partial charge is 0.437 e. The molecule has 0 radical (unpaired) electrons. The van der Waals surface area contributed by atoms with E-state index in [4.69, 9.17) is 4.42 Å². The predicted molar refractivity (Wildman–Crippen MR) is 99.0 cm³/mol. The Balaban J connectivity index is 1.27. The highest BCUT2D eigenvalue weighted by Gasteiger charge is 2.60. The molecule has 3 nitrogen and oxygen atoms in total. The number of rotatable bonds is 6. The first-order valence-corrected chi connectivity index (χ1v) is 10.2. The minimum atomic E-state index is -4.27.